The van der Waals surface area contributed by atoms with Crippen molar-refractivity contribution < 1.29 is 9.53 Å². The molecule has 0 N–H and O–H groups in total. The van der Waals surface area contributed by atoms with E-state index in [1.807, 2.05) is 36.2 Å². The van der Waals surface area contributed by atoms with E-state index in [0.717, 1.165) is 25.1 Å². The molecule has 1 amide bonds. The predicted octanol–water partition coefficient (Wildman–Crippen LogP) is 2.40. The van der Waals surface area contributed by atoms with Crippen LogP contribution in [0.1, 0.15) is 22.3 Å². The van der Waals surface area contributed by atoms with E-state index in [-0.39, 0.29) is 17.8 Å². The third kappa shape index (κ3) is 3.39. The Hall–Kier alpha value is -2.91. The minimum absolute atomic E-state index is 0.00770. The smallest absolute Gasteiger partial charge is 0.253 e. The molecule has 1 aromatic heterocycles. The number of carbonyl (C=O) groups is 1. The monoisotopic (exact) mass is 350 g/mol. The first kappa shape index (κ1) is 17.9. The molecule has 1 atom stereocenters. The summed E-state index contributed by atoms with van der Waals surface area (Å²) in [6, 6.07) is 11.5. The number of hydrogen-bond donors (Lipinski definition) is 0. The van der Waals surface area contributed by atoms with Crippen LogP contribution in [0.5, 0.6) is 5.88 Å². The molecule has 1 unspecified atom stereocenters. The fourth-order valence-electron chi connectivity index (χ4n) is 3.36. The van der Waals surface area contributed by atoms with Gasteiger partial charge in [0.2, 0.25) is 5.88 Å². The molecule has 1 fully saturated rings. The quantitative estimate of drug-likeness (QED) is 0.847. The standard InChI is InChI=1S/C20H22N4O2/c1-23-10-8-16(13-23)24(2)20(25)15-6-4-5-14(11-15)17-7-9-22-19(26-3)18(17)12-21/h4-7,9,11,16H,8,10,13H2,1-3H3. The average Bonchev–Trinajstić information content (AvgIpc) is 3.12. The van der Waals surface area contributed by atoms with Crippen molar-refractivity contribution in [3.63, 3.8) is 0 Å². The third-order valence-corrected chi connectivity index (χ3v) is 4.88. The topological polar surface area (TPSA) is 69.5 Å². The van der Waals surface area contributed by atoms with Gasteiger partial charge in [0.25, 0.3) is 5.91 Å². The lowest BCUT2D eigenvalue weighted by Gasteiger charge is -2.24. The molecule has 3 rings (SSSR count). The number of benzene rings is 1. The maximum absolute atomic E-state index is 12.9. The van der Waals surface area contributed by atoms with Gasteiger partial charge >= 0.3 is 0 Å². The van der Waals surface area contributed by atoms with Crippen molar-refractivity contribution in [3.8, 4) is 23.1 Å². The number of rotatable bonds is 4. The number of aromatic nitrogens is 1. The van der Waals surface area contributed by atoms with Gasteiger partial charge < -0.3 is 14.5 Å². The highest BCUT2D eigenvalue weighted by Crippen LogP contribution is 2.29. The number of nitrogens with zero attached hydrogens (tertiary/aromatic N) is 4. The number of likely N-dealkylation sites (N-methyl/N-ethyl adjacent to an activating group) is 2. The second-order valence-electron chi connectivity index (χ2n) is 6.56. The molecule has 2 heterocycles. The van der Waals surface area contributed by atoms with E-state index >= 15 is 0 Å². The second-order valence-corrected chi connectivity index (χ2v) is 6.56. The van der Waals surface area contributed by atoms with Gasteiger partial charge in [0.15, 0.2) is 0 Å². The van der Waals surface area contributed by atoms with Crippen LogP contribution in [0.4, 0.5) is 0 Å². The highest BCUT2D eigenvalue weighted by atomic mass is 16.5. The zero-order valence-corrected chi connectivity index (χ0v) is 15.3. The fraction of sp³-hybridized carbons (Fsp3) is 0.350. The summed E-state index contributed by atoms with van der Waals surface area (Å²) in [6.07, 6.45) is 2.59. The Morgan fingerprint density at radius 1 is 1.42 bits per heavy atom. The van der Waals surface area contributed by atoms with Crippen molar-refractivity contribution in [3.05, 3.63) is 47.7 Å². The molecule has 26 heavy (non-hydrogen) atoms. The summed E-state index contributed by atoms with van der Waals surface area (Å²) < 4.78 is 5.18. The summed E-state index contributed by atoms with van der Waals surface area (Å²) >= 11 is 0. The van der Waals surface area contributed by atoms with Crippen molar-refractivity contribution >= 4 is 5.91 Å². The van der Waals surface area contributed by atoms with Crippen molar-refractivity contribution in [1.29, 1.82) is 5.26 Å². The number of hydrogen-bond acceptors (Lipinski definition) is 5. The minimum Gasteiger partial charge on any atom is -0.480 e. The van der Waals surface area contributed by atoms with Crippen LogP contribution in [0.25, 0.3) is 11.1 Å². The molecule has 6 heteroatoms. The predicted molar refractivity (Wildman–Crippen MR) is 98.9 cm³/mol. The van der Waals surface area contributed by atoms with E-state index in [1.165, 1.54) is 7.11 Å². The van der Waals surface area contributed by atoms with Gasteiger partial charge in [-0.2, -0.15) is 5.26 Å². The molecule has 0 bridgehead atoms. The number of nitriles is 1. The van der Waals surface area contributed by atoms with Crippen LogP contribution in [-0.4, -0.2) is 61.0 Å². The third-order valence-electron chi connectivity index (χ3n) is 4.88. The van der Waals surface area contributed by atoms with E-state index in [9.17, 15) is 10.1 Å². The van der Waals surface area contributed by atoms with Crippen molar-refractivity contribution in [2.24, 2.45) is 0 Å². The van der Waals surface area contributed by atoms with E-state index < -0.39 is 0 Å². The second kappa shape index (κ2) is 7.54. The molecule has 134 valence electrons. The molecule has 0 spiro atoms. The average molecular weight is 350 g/mol. The molecule has 2 aromatic rings. The number of amides is 1. The molecular weight excluding hydrogens is 328 g/mol. The maximum atomic E-state index is 12.9. The molecule has 1 saturated heterocycles. The zero-order chi connectivity index (χ0) is 18.7. The lowest BCUT2D eigenvalue weighted by atomic mass is 9.99. The number of methoxy groups -OCH3 is 1. The van der Waals surface area contributed by atoms with Crippen LogP contribution in [0.3, 0.4) is 0 Å². The van der Waals surface area contributed by atoms with Crippen LogP contribution >= 0.6 is 0 Å². The van der Waals surface area contributed by atoms with E-state index in [1.54, 1.807) is 12.3 Å². The maximum Gasteiger partial charge on any atom is 0.253 e. The van der Waals surface area contributed by atoms with Gasteiger partial charge in [0.1, 0.15) is 11.6 Å². The first-order valence-corrected chi connectivity index (χ1v) is 8.54. The Bertz CT molecular complexity index is 859. The normalized spacial score (nSPS) is 16.9. The molecule has 0 aliphatic carbocycles. The summed E-state index contributed by atoms with van der Waals surface area (Å²) in [6.45, 7) is 1.90. The van der Waals surface area contributed by atoms with Crippen molar-refractivity contribution in [1.82, 2.24) is 14.8 Å². The lowest BCUT2D eigenvalue weighted by molar-refractivity contribution is 0.0737. The Labute approximate surface area is 153 Å². The van der Waals surface area contributed by atoms with E-state index in [4.69, 9.17) is 4.74 Å². The molecule has 0 radical (unpaired) electrons. The highest BCUT2D eigenvalue weighted by molar-refractivity contribution is 5.95. The van der Waals surface area contributed by atoms with Gasteiger partial charge in [-0.05, 0) is 43.8 Å². The summed E-state index contributed by atoms with van der Waals surface area (Å²) in [5.74, 6) is 0.277. The minimum atomic E-state index is -0.00770. The van der Waals surface area contributed by atoms with Gasteiger partial charge in [-0.1, -0.05) is 12.1 Å². The van der Waals surface area contributed by atoms with Crippen LogP contribution in [0, 0.1) is 11.3 Å². The van der Waals surface area contributed by atoms with E-state index in [0.29, 0.717) is 16.7 Å². The van der Waals surface area contributed by atoms with Gasteiger partial charge in [-0.25, -0.2) is 4.98 Å². The Morgan fingerprint density at radius 2 is 2.23 bits per heavy atom. The Kier molecular flexibility index (Phi) is 5.19. The number of ether oxygens (including phenoxy) is 1. The highest BCUT2D eigenvalue weighted by Gasteiger charge is 2.27. The molecule has 1 aliphatic heterocycles. The van der Waals surface area contributed by atoms with Crippen LogP contribution in [0.2, 0.25) is 0 Å². The fourth-order valence-corrected chi connectivity index (χ4v) is 3.36. The molecule has 6 nitrogen and oxygen atoms in total. The summed E-state index contributed by atoms with van der Waals surface area (Å²) in [5, 5.41) is 9.48. The first-order chi connectivity index (χ1) is 12.5. The summed E-state index contributed by atoms with van der Waals surface area (Å²) in [4.78, 5) is 21.0. The van der Waals surface area contributed by atoms with E-state index in [2.05, 4.69) is 23.0 Å². The SMILES string of the molecule is COc1nccc(-c2cccc(C(=O)N(C)C3CCN(C)C3)c2)c1C#N. The number of likely N-dealkylation sites (tertiary alicyclic amines) is 1. The van der Waals surface area contributed by atoms with Crippen LogP contribution < -0.4 is 4.74 Å². The van der Waals surface area contributed by atoms with Crippen LogP contribution in [0.15, 0.2) is 36.5 Å². The summed E-state index contributed by atoms with van der Waals surface area (Å²) in [5.41, 5.74) is 2.48. The first-order valence-electron chi connectivity index (χ1n) is 8.54. The zero-order valence-electron chi connectivity index (χ0n) is 15.3. The van der Waals surface area contributed by atoms with Gasteiger partial charge in [0, 0.05) is 37.0 Å². The number of carbonyl (C=O) groups excluding carboxylic acids is 1. The van der Waals surface area contributed by atoms with Crippen molar-refractivity contribution in [2.75, 3.05) is 34.3 Å². The number of pyridine rings is 1. The van der Waals surface area contributed by atoms with Gasteiger partial charge in [0.05, 0.1) is 7.11 Å². The van der Waals surface area contributed by atoms with Gasteiger partial charge in [-0.15, -0.1) is 0 Å². The molecular formula is C20H22N4O2. The Balaban J connectivity index is 1.92. The van der Waals surface area contributed by atoms with Gasteiger partial charge in [-0.3, -0.25) is 4.79 Å². The molecule has 1 aliphatic rings. The Morgan fingerprint density at radius 3 is 2.88 bits per heavy atom. The molecule has 1 aromatic carbocycles. The van der Waals surface area contributed by atoms with Crippen molar-refractivity contribution in [2.45, 2.75) is 12.5 Å². The molecule has 0 saturated carbocycles. The van der Waals surface area contributed by atoms with Crippen LogP contribution in [-0.2, 0) is 0 Å². The largest absolute Gasteiger partial charge is 0.480 e. The lowest BCUT2D eigenvalue weighted by Crippen LogP contribution is -2.38. The summed E-state index contributed by atoms with van der Waals surface area (Å²) in [7, 11) is 5.41.